The number of halogens is 1. The Morgan fingerprint density at radius 1 is 1.33 bits per heavy atom. The van der Waals surface area contributed by atoms with Gasteiger partial charge in [0.2, 0.25) is 5.91 Å². The zero-order chi connectivity index (χ0) is 11.1. The summed E-state index contributed by atoms with van der Waals surface area (Å²) in [4.78, 5) is 11.6. The van der Waals surface area contributed by atoms with Gasteiger partial charge in [0.05, 0.1) is 0 Å². The summed E-state index contributed by atoms with van der Waals surface area (Å²) < 4.78 is 0. The second-order valence-electron chi connectivity index (χ2n) is 4.58. The van der Waals surface area contributed by atoms with Crippen molar-refractivity contribution in [2.75, 3.05) is 5.88 Å². The third-order valence-electron chi connectivity index (χ3n) is 3.25. The number of alkyl halides is 1. The topological polar surface area (TPSA) is 29.1 Å². The van der Waals surface area contributed by atoms with E-state index >= 15 is 0 Å². The first-order valence-corrected chi connectivity index (χ1v) is 6.63. The lowest BCUT2D eigenvalue weighted by Crippen LogP contribution is -2.40. The highest BCUT2D eigenvalue weighted by Gasteiger charge is 2.22. The first kappa shape index (κ1) is 12.8. The van der Waals surface area contributed by atoms with E-state index < -0.39 is 0 Å². The standard InChI is InChI=1S/C12H22ClNO/c1-10-6-2-3-7-11(10)14-12(15)8-4-5-9-13/h10-11H,2-9H2,1H3,(H,14,15). The molecule has 0 aromatic rings. The average Bonchev–Trinajstić information content (AvgIpc) is 2.22. The first-order valence-electron chi connectivity index (χ1n) is 6.09. The molecule has 1 amide bonds. The number of hydrogen-bond donors (Lipinski definition) is 1. The van der Waals surface area contributed by atoms with Crippen molar-refractivity contribution < 1.29 is 4.79 Å². The first-order chi connectivity index (χ1) is 7.24. The van der Waals surface area contributed by atoms with E-state index in [2.05, 4.69) is 12.2 Å². The van der Waals surface area contributed by atoms with E-state index in [1.54, 1.807) is 0 Å². The zero-order valence-corrected chi connectivity index (χ0v) is 10.4. The van der Waals surface area contributed by atoms with Gasteiger partial charge in [0.15, 0.2) is 0 Å². The summed E-state index contributed by atoms with van der Waals surface area (Å²) in [6, 6.07) is 0.419. The minimum absolute atomic E-state index is 0.207. The van der Waals surface area contributed by atoms with Crippen LogP contribution in [0.1, 0.15) is 51.9 Å². The second kappa shape index (κ2) is 7.10. The van der Waals surface area contributed by atoms with Crippen molar-refractivity contribution in [3.05, 3.63) is 0 Å². The van der Waals surface area contributed by atoms with Crippen molar-refractivity contribution >= 4 is 17.5 Å². The zero-order valence-electron chi connectivity index (χ0n) is 9.60. The van der Waals surface area contributed by atoms with Gasteiger partial charge >= 0.3 is 0 Å². The van der Waals surface area contributed by atoms with Gasteiger partial charge in [-0.25, -0.2) is 0 Å². The second-order valence-corrected chi connectivity index (χ2v) is 4.96. The van der Waals surface area contributed by atoms with Crippen molar-refractivity contribution in [1.29, 1.82) is 0 Å². The Bertz CT molecular complexity index is 196. The van der Waals surface area contributed by atoms with Gasteiger partial charge in [-0.3, -0.25) is 4.79 Å². The molecular weight excluding hydrogens is 210 g/mol. The molecule has 15 heavy (non-hydrogen) atoms. The van der Waals surface area contributed by atoms with E-state index in [9.17, 15) is 4.79 Å². The highest BCUT2D eigenvalue weighted by molar-refractivity contribution is 6.17. The molecule has 1 aliphatic carbocycles. The van der Waals surface area contributed by atoms with E-state index in [0.717, 1.165) is 19.3 Å². The van der Waals surface area contributed by atoms with Crippen molar-refractivity contribution in [1.82, 2.24) is 5.32 Å². The summed E-state index contributed by atoms with van der Waals surface area (Å²) in [6.07, 6.45) is 7.48. The van der Waals surface area contributed by atoms with E-state index in [0.29, 0.717) is 24.3 Å². The van der Waals surface area contributed by atoms with Gasteiger partial charge < -0.3 is 5.32 Å². The normalized spacial score (nSPS) is 26.3. The molecular formula is C12H22ClNO. The quantitative estimate of drug-likeness (QED) is 0.572. The van der Waals surface area contributed by atoms with Crippen LogP contribution in [0.25, 0.3) is 0 Å². The molecule has 0 bridgehead atoms. The lowest BCUT2D eigenvalue weighted by molar-refractivity contribution is -0.122. The average molecular weight is 232 g/mol. The number of hydrogen-bond acceptors (Lipinski definition) is 1. The molecule has 0 aromatic heterocycles. The number of unbranched alkanes of at least 4 members (excludes halogenated alkanes) is 1. The Kier molecular flexibility index (Phi) is 6.07. The smallest absolute Gasteiger partial charge is 0.220 e. The van der Waals surface area contributed by atoms with Gasteiger partial charge in [-0.2, -0.15) is 0 Å². The molecule has 2 nitrogen and oxygen atoms in total. The van der Waals surface area contributed by atoms with Crippen LogP contribution >= 0.6 is 11.6 Å². The number of carbonyl (C=O) groups excluding carboxylic acids is 1. The highest BCUT2D eigenvalue weighted by atomic mass is 35.5. The van der Waals surface area contributed by atoms with E-state index in [1.165, 1.54) is 19.3 Å². The monoisotopic (exact) mass is 231 g/mol. The van der Waals surface area contributed by atoms with Gasteiger partial charge in [0.25, 0.3) is 0 Å². The number of amides is 1. The van der Waals surface area contributed by atoms with Crippen LogP contribution < -0.4 is 5.32 Å². The number of rotatable bonds is 5. The van der Waals surface area contributed by atoms with Crippen LogP contribution in [0.2, 0.25) is 0 Å². The Hall–Kier alpha value is -0.240. The van der Waals surface area contributed by atoms with Crippen LogP contribution in [0.5, 0.6) is 0 Å². The fourth-order valence-corrected chi connectivity index (χ4v) is 2.38. The van der Waals surface area contributed by atoms with Gasteiger partial charge in [0, 0.05) is 18.3 Å². The third kappa shape index (κ3) is 4.87. The maximum atomic E-state index is 11.6. The van der Waals surface area contributed by atoms with Gasteiger partial charge in [0.1, 0.15) is 0 Å². The predicted molar refractivity (Wildman–Crippen MR) is 64.1 cm³/mol. The lowest BCUT2D eigenvalue weighted by Gasteiger charge is -2.29. The van der Waals surface area contributed by atoms with Crippen LogP contribution in [-0.2, 0) is 4.79 Å². The number of carbonyl (C=O) groups is 1. The molecule has 1 rings (SSSR count). The van der Waals surface area contributed by atoms with Gasteiger partial charge in [-0.1, -0.05) is 19.8 Å². The van der Waals surface area contributed by atoms with Crippen molar-refractivity contribution in [2.24, 2.45) is 5.92 Å². The SMILES string of the molecule is CC1CCCCC1NC(=O)CCCCCl. The summed E-state index contributed by atoms with van der Waals surface area (Å²) in [6.45, 7) is 2.24. The Morgan fingerprint density at radius 2 is 2.07 bits per heavy atom. The van der Waals surface area contributed by atoms with Crippen LogP contribution in [0.15, 0.2) is 0 Å². The van der Waals surface area contributed by atoms with Crippen molar-refractivity contribution in [2.45, 2.75) is 57.9 Å². The Balaban J connectivity index is 2.18. The highest BCUT2D eigenvalue weighted by Crippen LogP contribution is 2.23. The Labute approximate surface area is 97.8 Å². The van der Waals surface area contributed by atoms with Crippen molar-refractivity contribution in [3.63, 3.8) is 0 Å². The molecule has 1 N–H and O–H groups in total. The van der Waals surface area contributed by atoms with E-state index in [4.69, 9.17) is 11.6 Å². The summed E-state index contributed by atoms with van der Waals surface area (Å²) in [7, 11) is 0. The summed E-state index contributed by atoms with van der Waals surface area (Å²) in [5, 5.41) is 3.15. The minimum Gasteiger partial charge on any atom is -0.353 e. The van der Waals surface area contributed by atoms with Gasteiger partial charge in [-0.05, 0) is 31.6 Å². The van der Waals surface area contributed by atoms with E-state index in [-0.39, 0.29) is 5.91 Å². The molecule has 0 aliphatic heterocycles. The molecule has 2 atom stereocenters. The third-order valence-corrected chi connectivity index (χ3v) is 3.51. The molecule has 1 saturated carbocycles. The van der Waals surface area contributed by atoms with Crippen LogP contribution in [0.3, 0.4) is 0 Å². The maximum absolute atomic E-state index is 11.6. The van der Waals surface area contributed by atoms with Crippen LogP contribution in [0, 0.1) is 5.92 Å². The fraction of sp³-hybridized carbons (Fsp3) is 0.917. The molecule has 0 saturated heterocycles. The van der Waals surface area contributed by atoms with Gasteiger partial charge in [-0.15, -0.1) is 11.6 Å². The molecule has 1 fully saturated rings. The molecule has 0 radical (unpaired) electrons. The molecule has 88 valence electrons. The van der Waals surface area contributed by atoms with Crippen LogP contribution in [-0.4, -0.2) is 17.8 Å². The molecule has 0 aromatic carbocycles. The molecule has 3 heteroatoms. The van der Waals surface area contributed by atoms with Crippen molar-refractivity contribution in [3.8, 4) is 0 Å². The van der Waals surface area contributed by atoms with Crippen LogP contribution in [0.4, 0.5) is 0 Å². The van der Waals surface area contributed by atoms with E-state index in [1.807, 2.05) is 0 Å². The lowest BCUT2D eigenvalue weighted by atomic mass is 9.86. The largest absolute Gasteiger partial charge is 0.353 e. The predicted octanol–water partition coefficient (Wildman–Crippen LogP) is 3.09. The molecule has 0 spiro atoms. The minimum atomic E-state index is 0.207. The summed E-state index contributed by atoms with van der Waals surface area (Å²) in [5.41, 5.74) is 0. The number of nitrogens with one attached hydrogen (secondary N) is 1. The molecule has 0 heterocycles. The summed E-state index contributed by atoms with van der Waals surface area (Å²) >= 11 is 5.57. The maximum Gasteiger partial charge on any atom is 0.220 e. The fourth-order valence-electron chi connectivity index (χ4n) is 2.19. The Morgan fingerprint density at radius 3 is 2.73 bits per heavy atom. The molecule has 1 aliphatic rings. The summed E-state index contributed by atoms with van der Waals surface area (Å²) in [5.74, 6) is 1.52. The molecule has 2 unspecified atom stereocenters.